The molecule has 2 aliphatic rings. The molecule has 1 aliphatic heterocycles. The summed E-state index contributed by atoms with van der Waals surface area (Å²) in [6.07, 6.45) is 1.19. The lowest BCUT2D eigenvalue weighted by Gasteiger charge is -2.36. The minimum atomic E-state index is -0.745. The van der Waals surface area contributed by atoms with Gasteiger partial charge in [-0.25, -0.2) is 0 Å². The molecule has 2 aromatic rings. The first-order valence-corrected chi connectivity index (χ1v) is 10.2. The van der Waals surface area contributed by atoms with Crippen LogP contribution in [0.25, 0.3) is 11.1 Å². The van der Waals surface area contributed by atoms with Crippen molar-refractivity contribution < 1.29 is 33.2 Å². The molecule has 1 fully saturated rings. The highest BCUT2D eigenvalue weighted by Crippen LogP contribution is 2.47. The molecule has 0 N–H and O–H groups in total. The van der Waals surface area contributed by atoms with Gasteiger partial charge in [0.15, 0.2) is 23.0 Å². The number of carbonyl (C=O) groups is 1. The molecule has 7 heteroatoms. The Hall–Kier alpha value is -2.93. The van der Waals surface area contributed by atoms with Crippen LogP contribution in [0.1, 0.15) is 18.1 Å². The van der Waals surface area contributed by atoms with Crippen LogP contribution >= 0.6 is 0 Å². The van der Waals surface area contributed by atoms with E-state index in [0.717, 1.165) is 22.3 Å². The number of hydrogen-bond donors (Lipinski definition) is 0. The number of rotatable bonds is 5. The Balaban J connectivity index is 1.99. The molecule has 0 saturated carbocycles. The summed E-state index contributed by atoms with van der Waals surface area (Å²) in [5.41, 5.74) is 3.31. The molecule has 31 heavy (non-hydrogen) atoms. The molecule has 4 rings (SSSR count). The third kappa shape index (κ3) is 3.67. The fourth-order valence-electron chi connectivity index (χ4n) is 4.77. The van der Waals surface area contributed by atoms with Crippen LogP contribution < -0.4 is 18.9 Å². The van der Waals surface area contributed by atoms with E-state index in [4.69, 9.17) is 28.4 Å². The van der Waals surface area contributed by atoms with Crippen LogP contribution in [0.5, 0.6) is 23.0 Å². The zero-order valence-corrected chi connectivity index (χ0v) is 18.6. The summed E-state index contributed by atoms with van der Waals surface area (Å²) >= 11 is 0. The van der Waals surface area contributed by atoms with Gasteiger partial charge in [0.2, 0.25) is 0 Å². The van der Waals surface area contributed by atoms with Crippen molar-refractivity contribution in [2.45, 2.75) is 25.4 Å². The second-order valence-electron chi connectivity index (χ2n) is 7.98. The van der Waals surface area contributed by atoms with E-state index in [1.807, 2.05) is 24.3 Å². The average Bonchev–Trinajstić information content (AvgIpc) is 3.12. The molecule has 1 saturated heterocycles. The summed E-state index contributed by atoms with van der Waals surface area (Å²) in [5, 5.41) is 0. The van der Waals surface area contributed by atoms with E-state index in [-0.39, 0.29) is 11.9 Å². The molecular formula is C24H28O7. The first-order valence-electron chi connectivity index (χ1n) is 10.2. The fraction of sp³-hybridized carbons (Fsp3) is 0.458. The molecule has 1 aliphatic carbocycles. The molecule has 0 spiro atoms. The number of ether oxygens (including phenoxy) is 6. The Bertz CT molecular complexity index is 1000. The van der Waals surface area contributed by atoms with Crippen molar-refractivity contribution in [1.29, 1.82) is 0 Å². The zero-order chi connectivity index (χ0) is 22.2. The van der Waals surface area contributed by atoms with Crippen molar-refractivity contribution >= 4 is 5.97 Å². The smallest absolute Gasteiger partial charge is 0.303 e. The van der Waals surface area contributed by atoms with E-state index < -0.39 is 5.60 Å². The lowest BCUT2D eigenvalue weighted by Crippen LogP contribution is -2.45. The van der Waals surface area contributed by atoms with Gasteiger partial charge in [-0.3, -0.25) is 4.79 Å². The van der Waals surface area contributed by atoms with Gasteiger partial charge in [0.25, 0.3) is 0 Å². The largest absolute Gasteiger partial charge is 0.493 e. The van der Waals surface area contributed by atoms with Crippen LogP contribution in [0.2, 0.25) is 0 Å². The van der Waals surface area contributed by atoms with Crippen LogP contribution in [0.3, 0.4) is 0 Å². The quantitative estimate of drug-likeness (QED) is 0.676. The highest BCUT2D eigenvalue weighted by Gasteiger charge is 2.49. The van der Waals surface area contributed by atoms with Gasteiger partial charge in [-0.15, -0.1) is 0 Å². The van der Waals surface area contributed by atoms with Crippen molar-refractivity contribution in [2.24, 2.45) is 5.92 Å². The Morgan fingerprint density at radius 3 is 1.94 bits per heavy atom. The summed E-state index contributed by atoms with van der Waals surface area (Å²) < 4.78 is 34.1. The summed E-state index contributed by atoms with van der Waals surface area (Å²) in [7, 11) is 6.47. The molecule has 2 atom stereocenters. The molecule has 0 amide bonds. The highest BCUT2D eigenvalue weighted by molar-refractivity contribution is 5.77. The molecule has 0 radical (unpaired) electrons. The molecule has 166 valence electrons. The van der Waals surface area contributed by atoms with Gasteiger partial charge < -0.3 is 28.4 Å². The number of methoxy groups -OCH3 is 4. The van der Waals surface area contributed by atoms with E-state index in [1.54, 1.807) is 28.4 Å². The van der Waals surface area contributed by atoms with E-state index in [1.165, 1.54) is 6.92 Å². The molecule has 0 unspecified atom stereocenters. The number of esters is 1. The molecule has 0 aromatic heterocycles. The number of hydrogen-bond acceptors (Lipinski definition) is 7. The fourth-order valence-corrected chi connectivity index (χ4v) is 4.77. The third-order valence-corrected chi connectivity index (χ3v) is 6.22. The maximum absolute atomic E-state index is 12.1. The second kappa shape index (κ2) is 8.30. The first-order chi connectivity index (χ1) is 14.9. The Morgan fingerprint density at radius 1 is 0.871 bits per heavy atom. The summed E-state index contributed by atoms with van der Waals surface area (Å²) in [4.78, 5) is 12.1. The van der Waals surface area contributed by atoms with Crippen LogP contribution in [0, 0.1) is 5.92 Å². The van der Waals surface area contributed by atoms with Crippen LogP contribution in [0.15, 0.2) is 24.3 Å². The second-order valence-corrected chi connectivity index (χ2v) is 7.98. The SMILES string of the molecule is COc1cc2c(cc1OC)-c1cc(OC)c(OC)cc1C[C@@]1(OC(C)=O)COC[C@@H]1C2. The number of benzene rings is 2. The molecule has 0 bridgehead atoms. The third-order valence-electron chi connectivity index (χ3n) is 6.22. The topological polar surface area (TPSA) is 72.5 Å². The molecule has 2 aromatic carbocycles. The monoisotopic (exact) mass is 428 g/mol. The van der Waals surface area contributed by atoms with Crippen LogP contribution in [-0.4, -0.2) is 53.2 Å². The van der Waals surface area contributed by atoms with Crippen LogP contribution in [-0.2, 0) is 27.1 Å². The lowest BCUT2D eigenvalue weighted by atomic mass is 9.75. The normalized spacial score (nSPS) is 21.6. The molecule has 1 heterocycles. The van der Waals surface area contributed by atoms with E-state index >= 15 is 0 Å². The minimum absolute atomic E-state index is 0.00879. The van der Waals surface area contributed by atoms with Gasteiger partial charge in [0, 0.05) is 19.3 Å². The minimum Gasteiger partial charge on any atom is -0.493 e. The predicted octanol–water partition coefficient (Wildman–Crippen LogP) is 3.43. The van der Waals surface area contributed by atoms with Gasteiger partial charge >= 0.3 is 5.97 Å². The van der Waals surface area contributed by atoms with Crippen molar-refractivity contribution in [1.82, 2.24) is 0 Å². The van der Waals surface area contributed by atoms with Gasteiger partial charge in [-0.05, 0) is 52.9 Å². The number of carbonyl (C=O) groups excluding carboxylic acids is 1. The maximum atomic E-state index is 12.1. The van der Waals surface area contributed by atoms with Crippen molar-refractivity contribution in [3.8, 4) is 34.1 Å². The highest BCUT2D eigenvalue weighted by atomic mass is 16.6. The van der Waals surface area contributed by atoms with Gasteiger partial charge in [-0.2, -0.15) is 0 Å². The number of fused-ring (bicyclic) bond motifs is 4. The van der Waals surface area contributed by atoms with E-state index in [0.29, 0.717) is 49.1 Å². The average molecular weight is 428 g/mol. The van der Waals surface area contributed by atoms with Crippen molar-refractivity contribution in [3.05, 3.63) is 35.4 Å². The van der Waals surface area contributed by atoms with Crippen molar-refractivity contribution in [3.63, 3.8) is 0 Å². The summed E-state index contributed by atoms with van der Waals surface area (Å²) in [5.74, 6) is 2.25. The van der Waals surface area contributed by atoms with Gasteiger partial charge in [0.05, 0.1) is 41.7 Å². The van der Waals surface area contributed by atoms with E-state index in [9.17, 15) is 4.79 Å². The van der Waals surface area contributed by atoms with Gasteiger partial charge in [0.1, 0.15) is 5.60 Å². The molecule has 7 nitrogen and oxygen atoms in total. The van der Waals surface area contributed by atoms with E-state index in [2.05, 4.69) is 0 Å². The Kier molecular flexibility index (Phi) is 5.71. The zero-order valence-electron chi connectivity index (χ0n) is 18.6. The molecular weight excluding hydrogens is 400 g/mol. The summed E-state index contributed by atoms with van der Waals surface area (Å²) in [6.45, 7) is 2.32. The Morgan fingerprint density at radius 2 is 1.39 bits per heavy atom. The van der Waals surface area contributed by atoms with Crippen molar-refractivity contribution in [2.75, 3.05) is 41.7 Å². The lowest BCUT2D eigenvalue weighted by molar-refractivity contribution is -0.160. The van der Waals surface area contributed by atoms with Gasteiger partial charge in [-0.1, -0.05) is 0 Å². The summed E-state index contributed by atoms with van der Waals surface area (Å²) in [6, 6.07) is 7.92. The standard InChI is InChI=1S/C24H28O7/c1-14(25)31-24-11-16-8-21(27-3)23(29-5)10-19(16)18-9-22(28-4)20(26-2)7-15(18)6-17(24)12-30-13-24/h7-10,17H,6,11-13H2,1-5H3/t17-,24+/m0/s1. The maximum Gasteiger partial charge on any atom is 0.303 e. The predicted molar refractivity (Wildman–Crippen MR) is 114 cm³/mol. The first kappa shape index (κ1) is 21.3. The Labute approximate surface area is 182 Å². The van der Waals surface area contributed by atoms with Crippen LogP contribution in [0.4, 0.5) is 0 Å².